The molecule has 1 heterocycles. The van der Waals surface area contributed by atoms with Crippen molar-refractivity contribution in [1.29, 1.82) is 0 Å². The van der Waals surface area contributed by atoms with Gasteiger partial charge in [0.2, 0.25) is 0 Å². The molecule has 0 saturated carbocycles. The number of unbranched alkanes of at least 4 members (excludes halogenated alkanes) is 1. The fraction of sp³-hybridized carbons (Fsp3) is 0.714. The summed E-state index contributed by atoms with van der Waals surface area (Å²) in [6.07, 6.45) is 5.61. The van der Waals surface area contributed by atoms with Crippen LogP contribution in [0.3, 0.4) is 0 Å². The molecule has 0 aromatic carbocycles. The molecular formula is C14H24N4. The van der Waals surface area contributed by atoms with Crippen molar-refractivity contribution in [2.45, 2.75) is 51.9 Å². The SMILES string of the molecule is CC(C)c1nc2c(c(NCCCCN)n1)CCC2. The Labute approximate surface area is 109 Å². The van der Waals surface area contributed by atoms with Gasteiger partial charge in [0, 0.05) is 23.7 Å². The molecule has 0 spiro atoms. The minimum absolute atomic E-state index is 0.389. The Balaban J connectivity index is 2.12. The highest BCUT2D eigenvalue weighted by atomic mass is 15.0. The lowest BCUT2D eigenvalue weighted by atomic mass is 10.1. The van der Waals surface area contributed by atoms with E-state index in [0.717, 1.165) is 50.4 Å². The van der Waals surface area contributed by atoms with Gasteiger partial charge in [-0.15, -0.1) is 0 Å². The highest BCUT2D eigenvalue weighted by Gasteiger charge is 2.19. The third-order valence-corrected chi connectivity index (χ3v) is 3.39. The molecule has 18 heavy (non-hydrogen) atoms. The van der Waals surface area contributed by atoms with Crippen molar-refractivity contribution < 1.29 is 0 Å². The second-order valence-corrected chi connectivity index (χ2v) is 5.29. The Kier molecular flexibility index (Phi) is 4.53. The van der Waals surface area contributed by atoms with Crippen molar-refractivity contribution in [2.75, 3.05) is 18.4 Å². The molecule has 1 aliphatic rings. The largest absolute Gasteiger partial charge is 0.370 e. The topological polar surface area (TPSA) is 63.8 Å². The van der Waals surface area contributed by atoms with Gasteiger partial charge < -0.3 is 11.1 Å². The van der Waals surface area contributed by atoms with Crippen molar-refractivity contribution in [3.63, 3.8) is 0 Å². The van der Waals surface area contributed by atoms with Gasteiger partial charge in [0.1, 0.15) is 11.6 Å². The number of nitrogens with two attached hydrogens (primary N) is 1. The van der Waals surface area contributed by atoms with Gasteiger partial charge in [-0.05, 0) is 38.6 Å². The second-order valence-electron chi connectivity index (χ2n) is 5.29. The first-order valence-electron chi connectivity index (χ1n) is 7.06. The van der Waals surface area contributed by atoms with E-state index in [1.165, 1.54) is 17.7 Å². The number of nitrogens with zero attached hydrogens (tertiary/aromatic N) is 2. The van der Waals surface area contributed by atoms with Gasteiger partial charge in [-0.3, -0.25) is 0 Å². The fourth-order valence-corrected chi connectivity index (χ4v) is 2.33. The highest BCUT2D eigenvalue weighted by Crippen LogP contribution is 2.27. The first-order valence-corrected chi connectivity index (χ1v) is 7.06. The number of hydrogen-bond donors (Lipinski definition) is 2. The first kappa shape index (κ1) is 13.3. The molecule has 0 fully saturated rings. The van der Waals surface area contributed by atoms with Gasteiger partial charge in [-0.2, -0.15) is 0 Å². The summed E-state index contributed by atoms with van der Waals surface area (Å²) < 4.78 is 0. The van der Waals surface area contributed by atoms with E-state index in [-0.39, 0.29) is 0 Å². The quantitative estimate of drug-likeness (QED) is 0.758. The number of aryl methyl sites for hydroxylation is 1. The summed E-state index contributed by atoms with van der Waals surface area (Å²) >= 11 is 0. The smallest absolute Gasteiger partial charge is 0.133 e. The molecule has 1 aliphatic carbocycles. The molecule has 0 amide bonds. The van der Waals surface area contributed by atoms with Crippen LogP contribution in [0.15, 0.2) is 0 Å². The van der Waals surface area contributed by atoms with Crippen LogP contribution < -0.4 is 11.1 Å². The second kappa shape index (κ2) is 6.14. The lowest BCUT2D eigenvalue weighted by molar-refractivity contribution is 0.749. The molecular weight excluding hydrogens is 224 g/mol. The Bertz CT molecular complexity index is 401. The normalized spacial score (nSPS) is 14.0. The maximum Gasteiger partial charge on any atom is 0.133 e. The zero-order chi connectivity index (χ0) is 13.0. The van der Waals surface area contributed by atoms with Gasteiger partial charge >= 0.3 is 0 Å². The molecule has 1 aromatic rings. The van der Waals surface area contributed by atoms with Crippen LogP contribution in [0.5, 0.6) is 0 Å². The van der Waals surface area contributed by atoms with Gasteiger partial charge in [-0.25, -0.2) is 9.97 Å². The number of rotatable bonds is 6. The van der Waals surface area contributed by atoms with Gasteiger partial charge in [0.05, 0.1) is 0 Å². The maximum atomic E-state index is 5.51. The highest BCUT2D eigenvalue weighted by molar-refractivity contribution is 5.49. The van der Waals surface area contributed by atoms with Crippen molar-refractivity contribution in [1.82, 2.24) is 9.97 Å². The van der Waals surface area contributed by atoms with E-state index < -0.39 is 0 Å². The molecule has 0 unspecified atom stereocenters. The van der Waals surface area contributed by atoms with Crippen LogP contribution in [0.4, 0.5) is 5.82 Å². The van der Waals surface area contributed by atoms with Crippen molar-refractivity contribution in [3.05, 3.63) is 17.1 Å². The summed E-state index contributed by atoms with van der Waals surface area (Å²) in [5, 5.41) is 3.47. The van der Waals surface area contributed by atoms with Crippen molar-refractivity contribution in [2.24, 2.45) is 5.73 Å². The molecule has 0 saturated heterocycles. The zero-order valence-electron chi connectivity index (χ0n) is 11.5. The molecule has 0 atom stereocenters. The molecule has 2 rings (SSSR count). The number of hydrogen-bond acceptors (Lipinski definition) is 4. The molecule has 0 aliphatic heterocycles. The number of fused-ring (bicyclic) bond motifs is 1. The molecule has 1 aromatic heterocycles. The molecule has 100 valence electrons. The summed E-state index contributed by atoms with van der Waals surface area (Å²) in [4.78, 5) is 9.37. The number of aromatic nitrogens is 2. The molecule has 0 bridgehead atoms. The first-order chi connectivity index (χ1) is 8.72. The summed E-state index contributed by atoms with van der Waals surface area (Å²) in [5.74, 6) is 2.43. The van der Waals surface area contributed by atoms with Crippen LogP contribution in [0.2, 0.25) is 0 Å². The maximum absolute atomic E-state index is 5.51. The van der Waals surface area contributed by atoms with E-state index in [0.29, 0.717) is 5.92 Å². The van der Waals surface area contributed by atoms with Crippen molar-refractivity contribution >= 4 is 5.82 Å². The molecule has 4 heteroatoms. The Morgan fingerprint density at radius 2 is 2.06 bits per heavy atom. The average Bonchev–Trinajstić information content (AvgIpc) is 2.82. The van der Waals surface area contributed by atoms with E-state index in [1.54, 1.807) is 0 Å². The minimum Gasteiger partial charge on any atom is -0.370 e. The molecule has 4 nitrogen and oxygen atoms in total. The van der Waals surface area contributed by atoms with E-state index in [2.05, 4.69) is 29.1 Å². The standard InChI is InChI=1S/C14H24N4/c1-10(2)13-17-12-7-5-6-11(12)14(18-13)16-9-4-3-8-15/h10H,3-9,15H2,1-2H3,(H,16,17,18). The zero-order valence-corrected chi connectivity index (χ0v) is 11.5. The van der Waals surface area contributed by atoms with Crippen molar-refractivity contribution in [3.8, 4) is 0 Å². The van der Waals surface area contributed by atoms with E-state index in [4.69, 9.17) is 5.73 Å². The third kappa shape index (κ3) is 2.99. The Morgan fingerprint density at radius 1 is 1.22 bits per heavy atom. The number of nitrogens with one attached hydrogen (secondary N) is 1. The summed E-state index contributed by atoms with van der Waals surface area (Å²) in [6, 6.07) is 0. The summed E-state index contributed by atoms with van der Waals surface area (Å²) in [7, 11) is 0. The number of anilines is 1. The fourth-order valence-electron chi connectivity index (χ4n) is 2.33. The predicted octanol–water partition coefficient (Wildman–Crippen LogP) is 2.24. The Morgan fingerprint density at radius 3 is 2.78 bits per heavy atom. The molecule has 0 radical (unpaired) electrons. The van der Waals surface area contributed by atoms with Gasteiger partial charge in [0.25, 0.3) is 0 Å². The van der Waals surface area contributed by atoms with Crippen LogP contribution >= 0.6 is 0 Å². The molecule has 3 N–H and O–H groups in total. The van der Waals surface area contributed by atoms with Crippen LogP contribution in [0.25, 0.3) is 0 Å². The monoisotopic (exact) mass is 248 g/mol. The van der Waals surface area contributed by atoms with Crippen LogP contribution in [0, 0.1) is 0 Å². The van der Waals surface area contributed by atoms with Gasteiger partial charge in [0.15, 0.2) is 0 Å². The lowest BCUT2D eigenvalue weighted by Gasteiger charge is -2.13. The lowest BCUT2D eigenvalue weighted by Crippen LogP contribution is -2.11. The van der Waals surface area contributed by atoms with Crippen LogP contribution in [-0.2, 0) is 12.8 Å². The third-order valence-electron chi connectivity index (χ3n) is 3.39. The Hall–Kier alpha value is -1.16. The predicted molar refractivity (Wildman–Crippen MR) is 74.9 cm³/mol. The summed E-state index contributed by atoms with van der Waals surface area (Å²) in [5.41, 5.74) is 8.11. The minimum atomic E-state index is 0.389. The van der Waals surface area contributed by atoms with E-state index in [9.17, 15) is 0 Å². The average molecular weight is 248 g/mol. The van der Waals surface area contributed by atoms with Crippen LogP contribution in [-0.4, -0.2) is 23.1 Å². The van der Waals surface area contributed by atoms with Crippen LogP contribution in [0.1, 0.15) is 56.1 Å². The van der Waals surface area contributed by atoms with E-state index in [1.807, 2.05) is 0 Å². The van der Waals surface area contributed by atoms with E-state index >= 15 is 0 Å². The van der Waals surface area contributed by atoms with Gasteiger partial charge in [-0.1, -0.05) is 13.8 Å². The summed E-state index contributed by atoms with van der Waals surface area (Å²) in [6.45, 7) is 6.02.